The number of aryl methyl sites for hydroxylation is 2. The molecule has 1 amide bonds. The van der Waals surface area contributed by atoms with Gasteiger partial charge in [0.25, 0.3) is 0 Å². The number of halogens is 1. The van der Waals surface area contributed by atoms with Gasteiger partial charge in [-0.1, -0.05) is 12.1 Å². The largest absolute Gasteiger partial charge is 0.324 e. The molecule has 0 saturated carbocycles. The minimum atomic E-state index is -0.408. The number of carbonyl (C=O) groups is 1. The second-order valence-electron chi connectivity index (χ2n) is 4.53. The quantitative estimate of drug-likeness (QED) is 0.907. The van der Waals surface area contributed by atoms with Gasteiger partial charge in [-0.2, -0.15) is 5.10 Å². The first-order valence-corrected chi connectivity index (χ1v) is 6.13. The molecule has 2 aromatic rings. The number of benzene rings is 1. The molecule has 1 unspecified atom stereocenters. The third kappa shape index (κ3) is 3.82. The van der Waals surface area contributed by atoms with Crippen molar-refractivity contribution in [2.24, 2.45) is 7.05 Å². The van der Waals surface area contributed by atoms with Gasteiger partial charge < -0.3 is 10.6 Å². The van der Waals surface area contributed by atoms with Gasteiger partial charge in [0.2, 0.25) is 5.91 Å². The molecule has 1 aromatic carbocycles. The highest BCUT2D eigenvalue weighted by atomic mass is 35.5. The Bertz CT molecular complexity index is 582. The number of aromatic nitrogens is 2. The summed E-state index contributed by atoms with van der Waals surface area (Å²) >= 11 is 0. The highest BCUT2D eigenvalue weighted by Crippen LogP contribution is 2.16. The van der Waals surface area contributed by atoms with Crippen LogP contribution in [0.5, 0.6) is 0 Å². The van der Waals surface area contributed by atoms with E-state index in [1.807, 2.05) is 44.4 Å². The molecule has 0 aliphatic carbocycles. The van der Waals surface area contributed by atoms with Crippen LogP contribution < -0.4 is 10.6 Å². The number of carbonyl (C=O) groups excluding carboxylic acids is 1. The lowest BCUT2D eigenvalue weighted by atomic mass is 10.1. The van der Waals surface area contributed by atoms with Crippen LogP contribution in [0.1, 0.15) is 17.2 Å². The Morgan fingerprint density at radius 1 is 1.40 bits per heavy atom. The van der Waals surface area contributed by atoms with E-state index in [0.717, 1.165) is 16.8 Å². The van der Waals surface area contributed by atoms with E-state index in [0.29, 0.717) is 0 Å². The second-order valence-corrected chi connectivity index (χ2v) is 4.53. The highest BCUT2D eigenvalue weighted by Gasteiger charge is 2.20. The van der Waals surface area contributed by atoms with Gasteiger partial charge in [0, 0.05) is 24.5 Å². The number of nitrogens with one attached hydrogen (secondary N) is 2. The van der Waals surface area contributed by atoms with E-state index < -0.39 is 6.04 Å². The average Bonchev–Trinajstić information content (AvgIpc) is 2.76. The van der Waals surface area contributed by atoms with Crippen molar-refractivity contribution in [1.82, 2.24) is 15.1 Å². The fraction of sp³-hybridized carbons (Fsp3) is 0.286. The van der Waals surface area contributed by atoms with Crippen LogP contribution in [0.3, 0.4) is 0 Å². The summed E-state index contributed by atoms with van der Waals surface area (Å²) in [4.78, 5) is 12.3. The number of rotatable bonds is 4. The molecule has 20 heavy (non-hydrogen) atoms. The van der Waals surface area contributed by atoms with Crippen LogP contribution in [-0.2, 0) is 11.8 Å². The normalized spacial score (nSPS) is 11.6. The monoisotopic (exact) mass is 294 g/mol. The summed E-state index contributed by atoms with van der Waals surface area (Å²) in [5.41, 5.74) is 2.75. The maximum absolute atomic E-state index is 12.3. The molecule has 1 heterocycles. The van der Waals surface area contributed by atoms with E-state index in [-0.39, 0.29) is 18.3 Å². The lowest BCUT2D eigenvalue weighted by Crippen LogP contribution is -2.30. The lowest BCUT2D eigenvalue weighted by molar-refractivity contribution is -0.118. The molecule has 6 heteroatoms. The van der Waals surface area contributed by atoms with Crippen molar-refractivity contribution in [2.45, 2.75) is 13.0 Å². The van der Waals surface area contributed by atoms with Crippen molar-refractivity contribution in [3.05, 3.63) is 47.8 Å². The molecular weight excluding hydrogens is 276 g/mol. The predicted octanol–water partition coefficient (Wildman–Crippen LogP) is 2.05. The first-order chi connectivity index (χ1) is 9.10. The van der Waals surface area contributed by atoms with Crippen LogP contribution in [0.15, 0.2) is 36.7 Å². The molecular formula is C14H19ClN4O. The van der Waals surface area contributed by atoms with Crippen LogP contribution in [0.2, 0.25) is 0 Å². The van der Waals surface area contributed by atoms with Crippen LogP contribution >= 0.6 is 12.4 Å². The van der Waals surface area contributed by atoms with Gasteiger partial charge in [0.15, 0.2) is 0 Å². The standard InChI is InChI=1S/C14H18N4O.ClH/c1-10-5-4-6-12(7-10)17-14(19)13(15-2)11-8-16-18(3)9-11;/h4-9,13,15H,1-3H3,(H,17,19);1H. The Morgan fingerprint density at radius 3 is 2.70 bits per heavy atom. The Balaban J connectivity index is 0.00000200. The molecule has 0 radical (unpaired) electrons. The van der Waals surface area contributed by atoms with E-state index in [1.165, 1.54) is 0 Å². The topological polar surface area (TPSA) is 59.0 Å². The van der Waals surface area contributed by atoms with Gasteiger partial charge in [-0.25, -0.2) is 0 Å². The van der Waals surface area contributed by atoms with Gasteiger partial charge in [0.05, 0.1) is 6.20 Å². The summed E-state index contributed by atoms with van der Waals surface area (Å²) < 4.78 is 1.68. The Labute approximate surface area is 124 Å². The molecule has 0 saturated heterocycles. The van der Waals surface area contributed by atoms with Crippen molar-refractivity contribution >= 4 is 24.0 Å². The van der Waals surface area contributed by atoms with Crippen LogP contribution in [-0.4, -0.2) is 22.7 Å². The van der Waals surface area contributed by atoms with Gasteiger partial charge in [-0.3, -0.25) is 9.48 Å². The number of likely N-dealkylation sites (N-methyl/N-ethyl adjacent to an activating group) is 1. The first kappa shape index (κ1) is 16.2. The molecule has 0 bridgehead atoms. The minimum absolute atomic E-state index is 0. The van der Waals surface area contributed by atoms with E-state index in [2.05, 4.69) is 15.7 Å². The average molecular weight is 295 g/mol. The molecule has 2 N–H and O–H groups in total. The number of hydrogen-bond acceptors (Lipinski definition) is 3. The highest BCUT2D eigenvalue weighted by molar-refractivity contribution is 5.95. The Morgan fingerprint density at radius 2 is 2.15 bits per heavy atom. The fourth-order valence-electron chi connectivity index (χ4n) is 1.98. The molecule has 5 nitrogen and oxygen atoms in total. The summed E-state index contributed by atoms with van der Waals surface area (Å²) in [6.07, 6.45) is 3.52. The number of nitrogens with zero attached hydrogens (tertiary/aromatic N) is 2. The fourth-order valence-corrected chi connectivity index (χ4v) is 1.98. The molecule has 2 rings (SSSR count). The summed E-state index contributed by atoms with van der Waals surface area (Å²) in [5.74, 6) is -0.0962. The van der Waals surface area contributed by atoms with Gasteiger partial charge in [0.1, 0.15) is 6.04 Å². The molecule has 0 aliphatic rings. The third-order valence-electron chi connectivity index (χ3n) is 2.89. The van der Waals surface area contributed by atoms with Crippen molar-refractivity contribution in [3.8, 4) is 0 Å². The van der Waals surface area contributed by atoms with E-state index in [4.69, 9.17) is 0 Å². The number of amides is 1. The van der Waals surface area contributed by atoms with Crippen LogP contribution in [0, 0.1) is 6.92 Å². The number of anilines is 1. The molecule has 0 spiro atoms. The predicted molar refractivity (Wildman–Crippen MR) is 82.1 cm³/mol. The molecule has 0 fully saturated rings. The van der Waals surface area contributed by atoms with Crippen molar-refractivity contribution < 1.29 is 4.79 Å². The van der Waals surface area contributed by atoms with Gasteiger partial charge in [-0.15, -0.1) is 12.4 Å². The second kappa shape index (κ2) is 7.07. The zero-order chi connectivity index (χ0) is 13.8. The van der Waals surface area contributed by atoms with Crippen LogP contribution in [0.25, 0.3) is 0 Å². The van der Waals surface area contributed by atoms with E-state index >= 15 is 0 Å². The molecule has 108 valence electrons. The van der Waals surface area contributed by atoms with E-state index in [1.54, 1.807) is 17.9 Å². The molecule has 1 aromatic heterocycles. The Kier molecular flexibility index (Phi) is 5.73. The first-order valence-electron chi connectivity index (χ1n) is 6.13. The van der Waals surface area contributed by atoms with E-state index in [9.17, 15) is 4.79 Å². The van der Waals surface area contributed by atoms with Gasteiger partial charge >= 0.3 is 0 Å². The van der Waals surface area contributed by atoms with Crippen molar-refractivity contribution in [1.29, 1.82) is 0 Å². The van der Waals surface area contributed by atoms with Crippen molar-refractivity contribution in [2.75, 3.05) is 12.4 Å². The maximum atomic E-state index is 12.3. The smallest absolute Gasteiger partial charge is 0.246 e. The molecule has 1 atom stereocenters. The lowest BCUT2D eigenvalue weighted by Gasteiger charge is -2.14. The van der Waals surface area contributed by atoms with Gasteiger partial charge in [-0.05, 0) is 31.7 Å². The van der Waals surface area contributed by atoms with Crippen LogP contribution in [0.4, 0.5) is 5.69 Å². The Hall–Kier alpha value is -1.85. The summed E-state index contributed by atoms with van der Waals surface area (Å²) in [7, 11) is 3.59. The number of hydrogen-bond donors (Lipinski definition) is 2. The SMILES string of the molecule is CNC(C(=O)Nc1cccc(C)c1)c1cnn(C)c1.Cl. The minimum Gasteiger partial charge on any atom is -0.324 e. The molecule has 0 aliphatic heterocycles. The van der Waals surface area contributed by atoms with Crippen molar-refractivity contribution in [3.63, 3.8) is 0 Å². The summed E-state index contributed by atoms with van der Waals surface area (Å²) in [6, 6.07) is 7.32. The third-order valence-corrected chi connectivity index (χ3v) is 2.89. The summed E-state index contributed by atoms with van der Waals surface area (Å²) in [5, 5.41) is 9.99. The maximum Gasteiger partial charge on any atom is 0.246 e. The zero-order valence-corrected chi connectivity index (χ0v) is 12.6. The summed E-state index contributed by atoms with van der Waals surface area (Å²) in [6.45, 7) is 1.99. The zero-order valence-electron chi connectivity index (χ0n) is 11.8.